The highest BCUT2D eigenvalue weighted by atomic mass is 16.5. The molecule has 0 saturated carbocycles. The Bertz CT molecular complexity index is 394. The van der Waals surface area contributed by atoms with Gasteiger partial charge in [-0.05, 0) is 52.2 Å². The van der Waals surface area contributed by atoms with Gasteiger partial charge in [-0.1, -0.05) is 0 Å². The third kappa shape index (κ3) is 5.69. The van der Waals surface area contributed by atoms with Gasteiger partial charge in [-0.3, -0.25) is 9.69 Å². The Kier molecular flexibility index (Phi) is 7.94. The van der Waals surface area contributed by atoms with Gasteiger partial charge in [0, 0.05) is 45.3 Å². The predicted molar refractivity (Wildman–Crippen MR) is 95.0 cm³/mol. The summed E-state index contributed by atoms with van der Waals surface area (Å²) >= 11 is 0. The summed E-state index contributed by atoms with van der Waals surface area (Å²) in [6.07, 6.45) is 4.99. The monoisotopic (exact) mass is 341 g/mol. The third-order valence-corrected chi connectivity index (χ3v) is 5.58. The summed E-state index contributed by atoms with van der Waals surface area (Å²) in [5.41, 5.74) is -0.133. The summed E-state index contributed by atoms with van der Waals surface area (Å²) in [4.78, 5) is 19.4. The Morgan fingerprint density at radius 1 is 1.17 bits per heavy atom. The fraction of sp³-hybridized carbons (Fsp3) is 0.944. The van der Waals surface area contributed by atoms with Gasteiger partial charge in [-0.25, -0.2) is 0 Å². The third-order valence-electron chi connectivity index (χ3n) is 5.58. The van der Waals surface area contributed by atoms with E-state index in [-0.39, 0.29) is 17.9 Å². The van der Waals surface area contributed by atoms with Gasteiger partial charge in [0.15, 0.2) is 0 Å². The average Bonchev–Trinajstić information content (AvgIpc) is 2.80. The van der Waals surface area contributed by atoms with Crippen molar-refractivity contribution >= 4 is 5.91 Å². The first-order valence-corrected chi connectivity index (χ1v) is 9.37. The van der Waals surface area contributed by atoms with Gasteiger partial charge in [0.1, 0.15) is 0 Å². The summed E-state index contributed by atoms with van der Waals surface area (Å²) in [6.45, 7) is 7.04. The minimum Gasteiger partial charge on any atom is -0.396 e. The molecule has 0 aromatic heterocycles. The van der Waals surface area contributed by atoms with Crippen molar-refractivity contribution in [2.24, 2.45) is 5.41 Å². The number of carbonyl (C=O) groups excluding carboxylic acids is 1. The molecule has 1 amide bonds. The molecule has 2 saturated heterocycles. The minimum atomic E-state index is -0.133. The molecule has 2 rings (SSSR count). The Morgan fingerprint density at radius 3 is 2.75 bits per heavy atom. The molecule has 1 atom stereocenters. The Balaban J connectivity index is 1.86. The molecule has 0 spiro atoms. The number of piperidine rings is 1. The van der Waals surface area contributed by atoms with Crippen LogP contribution in [-0.2, 0) is 9.53 Å². The van der Waals surface area contributed by atoms with E-state index in [0.717, 1.165) is 71.4 Å². The number of aliphatic hydroxyl groups is 1. The number of aliphatic hydroxyl groups excluding tert-OH is 1. The zero-order valence-electron chi connectivity index (χ0n) is 15.5. The molecule has 0 aliphatic carbocycles. The van der Waals surface area contributed by atoms with E-state index in [4.69, 9.17) is 4.74 Å². The summed E-state index contributed by atoms with van der Waals surface area (Å²) in [6, 6.07) is 0. The number of likely N-dealkylation sites (tertiary alicyclic amines) is 1. The molecule has 2 fully saturated rings. The van der Waals surface area contributed by atoms with Gasteiger partial charge in [-0.2, -0.15) is 0 Å². The van der Waals surface area contributed by atoms with Crippen molar-refractivity contribution in [2.45, 2.75) is 32.1 Å². The number of amides is 1. The SMILES string of the molecule is COCCC[C@@]1(CO)CCCN(C(=O)CN2CCCN(C)CC2)C1. The van der Waals surface area contributed by atoms with Crippen LogP contribution >= 0.6 is 0 Å². The van der Waals surface area contributed by atoms with Crippen molar-refractivity contribution in [3.05, 3.63) is 0 Å². The maximum absolute atomic E-state index is 12.8. The number of ether oxygens (including phenoxy) is 1. The number of likely N-dealkylation sites (N-methyl/N-ethyl adjacent to an activating group) is 1. The van der Waals surface area contributed by atoms with Gasteiger partial charge in [0.25, 0.3) is 0 Å². The molecule has 2 aliphatic rings. The quantitative estimate of drug-likeness (QED) is 0.689. The fourth-order valence-electron chi connectivity index (χ4n) is 3.97. The highest BCUT2D eigenvalue weighted by Crippen LogP contribution is 2.34. The van der Waals surface area contributed by atoms with Crippen LogP contribution in [0.2, 0.25) is 0 Å². The van der Waals surface area contributed by atoms with Crippen molar-refractivity contribution in [1.82, 2.24) is 14.7 Å². The number of carbonyl (C=O) groups is 1. The second-order valence-corrected chi connectivity index (χ2v) is 7.61. The summed E-state index contributed by atoms with van der Waals surface area (Å²) < 4.78 is 5.14. The van der Waals surface area contributed by atoms with Crippen LogP contribution in [0.3, 0.4) is 0 Å². The van der Waals surface area contributed by atoms with Crippen molar-refractivity contribution in [3.63, 3.8) is 0 Å². The van der Waals surface area contributed by atoms with Crippen LogP contribution in [0.4, 0.5) is 0 Å². The first-order valence-electron chi connectivity index (χ1n) is 9.37. The number of methoxy groups -OCH3 is 1. The molecule has 140 valence electrons. The van der Waals surface area contributed by atoms with Crippen LogP contribution in [0.5, 0.6) is 0 Å². The second kappa shape index (κ2) is 9.70. The highest BCUT2D eigenvalue weighted by Gasteiger charge is 2.36. The van der Waals surface area contributed by atoms with Gasteiger partial charge in [0.2, 0.25) is 5.91 Å². The van der Waals surface area contributed by atoms with Crippen LogP contribution in [0.15, 0.2) is 0 Å². The van der Waals surface area contributed by atoms with Crippen LogP contribution in [0.1, 0.15) is 32.1 Å². The molecule has 2 heterocycles. The maximum atomic E-state index is 12.8. The van der Waals surface area contributed by atoms with Gasteiger partial charge in [-0.15, -0.1) is 0 Å². The van der Waals surface area contributed by atoms with Crippen molar-refractivity contribution < 1.29 is 14.6 Å². The lowest BCUT2D eigenvalue weighted by Crippen LogP contribution is -2.51. The summed E-state index contributed by atoms with van der Waals surface area (Å²) in [7, 11) is 3.85. The van der Waals surface area contributed by atoms with Gasteiger partial charge < -0.3 is 19.6 Å². The first kappa shape index (κ1) is 19.6. The van der Waals surface area contributed by atoms with Crippen LogP contribution < -0.4 is 0 Å². The van der Waals surface area contributed by atoms with E-state index >= 15 is 0 Å². The van der Waals surface area contributed by atoms with Crippen molar-refractivity contribution in [2.75, 3.05) is 73.2 Å². The number of hydrogen-bond acceptors (Lipinski definition) is 5. The van der Waals surface area contributed by atoms with E-state index in [1.54, 1.807) is 7.11 Å². The average molecular weight is 341 g/mol. The Morgan fingerprint density at radius 2 is 2.00 bits per heavy atom. The fourth-order valence-corrected chi connectivity index (χ4v) is 3.97. The van der Waals surface area contributed by atoms with Crippen LogP contribution in [-0.4, -0.2) is 98.9 Å². The molecule has 0 aromatic carbocycles. The molecule has 0 aromatic rings. The van der Waals surface area contributed by atoms with Gasteiger partial charge in [0.05, 0.1) is 13.2 Å². The summed E-state index contributed by atoms with van der Waals surface area (Å²) in [5.74, 6) is 0.226. The molecular formula is C18H35N3O3. The number of rotatable bonds is 7. The topological polar surface area (TPSA) is 56.3 Å². The van der Waals surface area contributed by atoms with E-state index in [2.05, 4.69) is 16.8 Å². The first-order chi connectivity index (χ1) is 11.6. The van der Waals surface area contributed by atoms with E-state index in [0.29, 0.717) is 13.1 Å². The molecular weight excluding hydrogens is 306 g/mol. The minimum absolute atomic E-state index is 0.133. The smallest absolute Gasteiger partial charge is 0.236 e. The Hall–Kier alpha value is -0.690. The largest absolute Gasteiger partial charge is 0.396 e. The van der Waals surface area contributed by atoms with E-state index in [1.807, 2.05) is 4.90 Å². The molecule has 24 heavy (non-hydrogen) atoms. The lowest BCUT2D eigenvalue weighted by Gasteiger charge is -2.42. The number of nitrogens with zero attached hydrogens (tertiary/aromatic N) is 3. The van der Waals surface area contributed by atoms with E-state index in [9.17, 15) is 9.90 Å². The number of hydrogen-bond donors (Lipinski definition) is 1. The molecule has 1 N–H and O–H groups in total. The van der Waals surface area contributed by atoms with Crippen LogP contribution in [0, 0.1) is 5.41 Å². The predicted octanol–water partition coefficient (Wildman–Crippen LogP) is 0.652. The molecule has 6 nitrogen and oxygen atoms in total. The van der Waals surface area contributed by atoms with Crippen molar-refractivity contribution in [1.29, 1.82) is 0 Å². The second-order valence-electron chi connectivity index (χ2n) is 7.61. The normalized spacial score (nSPS) is 27.2. The lowest BCUT2D eigenvalue weighted by atomic mass is 9.77. The highest BCUT2D eigenvalue weighted by molar-refractivity contribution is 5.78. The Labute approximate surface area is 146 Å². The van der Waals surface area contributed by atoms with Gasteiger partial charge >= 0.3 is 0 Å². The molecule has 2 aliphatic heterocycles. The molecule has 6 heteroatoms. The molecule has 0 radical (unpaired) electrons. The van der Waals surface area contributed by atoms with Crippen molar-refractivity contribution in [3.8, 4) is 0 Å². The zero-order valence-corrected chi connectivity index (χ0v) is 15.5. The molecule has 0 unspecified atom stereocenters. The molecule has 0 bridgehead atoms. The summed E-state index contributed by atoms with van der Waals surface area (Å²) in [5, 5.41) is 9.93. The maximum Gasteiger partial charge on any atom is 0.236 e. The lowest BCUT2D eigenvalue weighted by molar-refractivity contribution is -0.137. The standard InChI is InChI=1S/C18H35N3O3/c1-19-8-5-9-20(12-11-19)14-17(23)21-10-3-6-18(15-21,16-22)7-4-13-24-2/h22H,3-16H2,1-2H3/t18-/m0/s1. The van der Waals surface area contributed by atoms with E-state index in [1.165, 1.54) is 0 Å². The van der Waals surface area contributed by atoms with Crippen LogP contribution in [0.25, 0.3) is 0 Å². The van der Waals surface area contributed by atoms with E-state index < -0.39 is 0 Å². The zero-order chi connectivity index (χ0) is 17.4.